The summed E-state index contributed by atoms with van der Waals surface area (Å²) in [5.74, 6) is 0. The van der Waals surface area contributed by atoms with Gasteiger partial charge >= 0.3 is 0 Å². The van der Waals surface area contributed by atoms with Crippen molar-refractivity contribution in [1.82, 2.24) is 9.55 Å². The van der Waals surface area contributed by atoms with E-state index >= 15 is 0 Å². The van der Waals surface area contributed by atoms with Gasteiger partial charge in [0.2, 0.25) is 0 Å². The largest absolute Gasteiger partial charge is 0.333 e. The first-order chi connectivity index (χ1) is 6.33. The maximum Gasteiger partial charge on any atom is 0.139 e. The zero-order valence-electron chi connectivity index (χ0n) is 8.51. The van der Waals surface area contributed by atoms with Crippen LogP contribution < -0.4 is 5.73 Å². The Morgan fingerprint density at radius 3 is 2.73 bits per heavy atom. The number of hydrogen-bond donors (Lipinski definition) is 1. The van der Waals surface area contributed by atoms with Gasteiger partial charge in [-0.15, -0.1) is 24.8 Å². The molecule has 0 saturated heterocycles. The van der Waals surface area contributed by atoms with Crippen LogP contribution in [0.3, 0.4) is 0 Å². The molecule has 0 radical (unpaired) electrons. The lowest BCUT2D eigenvalue weighted by molar-refractivity contribution is 0.820. The number of fused-ring (bicyclic) bond motifs is 1. The molecule has 84 valence electrons. The van der Waals surface area contributed by atoms with Gasteiger partial charge in [-0.1, -0.05) is 0 Å². The number of rotatable bonds is 2. The van der Waals surface area contributed by atoms with Gasteiger partial charge in [0, 0.05) is 24.3 Å². The Hall–Kier alpha value is -0.770. The van der Waals surface area contributed by atoms with Crippen LogP contribution in [0.5, 0.6) is 0 Å². The maximum absolute atomic E-state index is 5.52. The second-order valence-electron chi connectivity index (χ2n) is 3.15. The van der Waals surface area contributed by atoms with E-state index in [1.807, 2.05) is 19.3 Å². The molecule has 0 aliphatic heterocycles. The van der Waals surface area contributed by atoms with Crippen LogP contribution in [0, 0.1) is 0 Å². The van der Waals surface area contributed by atoms with Crippen molar-refractivity contribution in [3.63, 3.8) is 0 Å². The molecule has 2 rings (SSSR count). The third kappa shape index (κ3) is 2.62. The van der Waals surface area contributed by atoms with Gasteiger partial charge in [-0.25, -0.2) is 4.98 Å². The van der Waals surface area contributed by atoms with Crippen LogP contribution in [-0.2, 0) is 13.5 Å². The molecule has 5 heteroatoms. The predicted octanol–water partition coefficient (Wildman–Crippen LogP) is 1.92. The monoisotopic (exact) mass is 247 g/mol. The fourth-order valence-electron chi connectivity index (χ4n) is 1.60. The summed E-state index contributed by atoms with van der Waals surface area (Å²) in [6.07, 6.45) is 2.72. The number of aryl methyl sites for hydroxylation is 1. The third-order valence-electron chi connectivity index (χ3n) is 2.29. The summed E-state index contributed by atoms with van der Waals surface area (Å²) in [6, 6.07) is 6.17. The van der Waals surface area contributed by atoms with E-state index in [-0.39, 0.29) is 24.8 Å². The second kappa shape index (κ2) is 5.95. The summed E-state index contributed by atoms with van der Waals surface area (Å²) in [5, 5.41) is 1.19. The minimum Gasteiger partial charge on any atom is -0.333 e. The molecule has 0 bridgehead atoms. The molecule has 2 heterocycles. The van der Waals surface area contributed by atoms with Crippen LogP contribution >= 0.6 is 24.8 Å². The SMILES string of the molecule is Cl.Cl.Cn1c(CCN)cc2cccnc21. The van der Waals surface area contributed by atoms with E-state index in [4.69, 9.17) is 5.73 Å². The molecular formula is C10H15Cl2N3. The molecule has 0 aliphatic carbocycles. The molecule has 2 aromatic heterocycles. The highest BCUT2D eigenvalue weighted by Gasteiger charge is 2.04. The van der Waals surface area contributed by atoms with Gasteiger partial charge in [0.05, 0.1) is 0 Å². The molecular weight excluding hydrogens is 233 g/mol. The first-order valence-corrected chi connectivity index (χ1v) is 4.42. The Morgan fingerprint density at radius 2 is 2.13 bits per heavy atom. The van der Waals surface area contributed by atoms with E-state index in [0.717, 1.165) is 12.1 Å². The zero-order valence-corrected chi connectivity index (χ0v) is 10.1. The molecule has 0 spiro atoms. The van der Waals surface area contributed by atoms with Crippen LogP contribution in [0.4, 0.5) is 0 Å². The lowest BCUT2D eigenvalue weighted by atomic mass is 10.3. The van der Waals surface area contributed by atoms with Crippen LogP contribution in [0.1, 0.15) is 5.69 Å². The fraction of sp³-hybridized carbons (Fsp3) is 0.300. The summed E-state index contributed by atoms with van der Waals surface area (Å²) in [7, 11) is 2.03. The molecule has 0 aliphatic rings. The van der Waals surface area contributed by atoms with Crippen LogP contribution in [0.15, 0.2) is 24.4 Å². The lowest BCUT2D eigenvalue weighted by Gasteiger charge is -2.00. The van der Waals surface area contributed by atoms with E-state index < -0.39 is 0 Å². The number of nitrogens with two attached hydrogens (primary N) is 1. The molecule has 3 nitrogen and oxygen atoms in total. The highest BCUT2D eigenvalue weighted by molar-refractivity contribution is 5.85. The number of halogens is 2. The smallest absolute Gasteiger partial charge is 0.139 e. The summed E-state index contributed by atoms with van der Waals surface area (Å²) in [5.41, 5.74) is 7.80. The quantitative estimate of drug-likeness (QED) is 0.882. The molecule has 2 aromatic rings. The van der Waals surface area contributed by atoms with Crippen molar-refractivity contribution in [2.75, 3.05) is 6.54 Å². The Labute approximate surface area is 101 Å². The number of pyridine rings is 1. The third-order valence-corrected chi connectivity index (χ3v) is 2.29. The number of aromatic nitrogens is 2. The zero-order chi connectivity index (χ0) is 9.26. The minimum atomic E-state index is 0. The van der Waals surface area contributed by atoms with Crippen molar-refractivity contribution in [3.8, 4) is 0 Å². The molecule has 0 saturated carbocycles. The average molecular weight is 248 g/mol. The first-order valence-electron chi connectivity index (χ1n) is 4.42. The van der Waals surface area contributed by atoms with Crippen LogP contribution in [-0.4, -0.2) is 16.1 Å². The van der Waals surface area contributed by atoms with Gasteiger partial charge in [-0.05, 0) is 31.2 Å². The summed E-state index contributed by atoms with van der Waals surface area (Å²) in [4.78, 5) is 4.31. The Morgan fingerprint density at radius 1 is 1.40 bits per heavy atom. The van der Waals surface area contributed by atoms with Gasteiger partial charge in [0.25, 0.3) is 0 Å². The van der Waals surface area contributed by atoms with Crippen molar-refractivity contribution in [3.05, 3.63) is 30.1 Å². The van der Waals surface area contributed by atoms with Gasteiger partial charge in [0.1, 0.15) is 5.65 Å². The number of nitrogens with zero attached hydrogens (tertiary/aromatic N) is 2. The number of hydrogen-bond acceptors (Lipinski definition) is 2. The van der Waals surface area contributed by atoms with Crippen molar-refractivity contribution < 1.29 is 0 Å². The van der Waals surface area contributed by atoms with E-state index in [0.29, 0.717) is 6.54 Å². The standard InChI is InChI=1S/C10H13N3.2ClH/c1-13-9(4-5-11)7-8-3-2-6-12-10(8)13;;/h2-3,6-7H,4-5,11H2,1H3;2*1H. The molecule has 2 N–H and O–H groups in total. The van der Waals surface area contributed by atoms with Crippen LogP contribution in [0.25, 0.3) is 11.0 Å². The second-order valence-corrected chi connectivity index (χ2v) is 3.15. The van der Waals surface area contributed by atoms with E-state index in [2.05, 4.69) is 21.7 Å². The Bertz CT molecular complexity index is 426. The summed E-state index contributed by atoms with van der Waals surface area (Å²) >= 11 is 0. The van der Waals surface area contributed by atoms with Crippen molar-refractivity contribution in [2.45, 2.75) is 6.42 Å². The van der Waals surface area contributed by atoms with Gasteiger partial charge in [-0.2, -0.15) is 0 Å². The Balaban J connectivity index is 0.000000980. The van der Waals surface area contributed by atoms with Gasteiger partial charge < -0.3 is 10.3 Å². The normalized spacial score (nSPS) is 9.47. The van der Waals surface area contributed by atoms with Crippen molar-refractivity contribution in [2.24, 2.45) is 12.8 Å². The van der Waals surface area contributed by atoms with E-state index in [1.165, 1.54) is 11.1 Å². The van der Waals surface area contributed by atoms with Crippen molar-refractivity contribution >= 4 is 35.8 Å². The summed E-state index contributed by atoms with van der Waals surface area (Å²) in [6.45, 7) is 0.685. The average Bonchev–Trinajstić information content (AvgIpc) is 2.46. The fourth-order valence-corrected chi connectivity index (χ4v) is 1.60. The Kier molecular flexibility index (Phi) is 5.65. The molecule has 15 heavy (non-hydrogen) atoms. The molecule has 0 fully saturated rings. The maximum atomic E-state index is 5.52. The first kappa shape index (κ1) is 14.2. The molecule has 0 atom stereocenters. The molecule has 0 aromatic carbocycles. The molecule has 0 unspecified atom stereocenters. The van der Waals surface area contributed by atoms with Gasteiger partial charge in [-0.3, -0.25) is 0 Å². The highest BCUT2D eigenvalue weighted by Crippen LogP contribution is 2.15. The highest BCUT2D eigenvalue weighted by atomic mass is 35.5. The minimum absolute atomic E-state index is 0. The summed E-state index contributed by atoms with van der Waals surface area (Å²) < 4.78 is 2.10. The van der Waals surface area contributed by atoms with Crippen LogP contribution in [0.2, 0.25) is 0 Å². The van der Waals surface area contributed by atoms with Crippen molar-refractivity contribution in [1.29, 1.82) is 0 Å². The van der Waals surface area contributed by atoms with E-state index in [9.17, 15) is 0 Å². The van der Waals surface area contributed by atoms with Gasteiger partial charge in [0.15, 0.2) is 0 Å². The lowest BCUT2D eigenvalue weighted by Crippen LogP contribution is -2.06. The van der Waals surface area contributed by atoms with E-state index in [1.54, 1.807) is 0 Å². The predicted molar refractivity (Wildman–Crippen MR) is 68.0 cm³/mol. The topological polar surface area (TPSA) is 43.8 Å². The molecule has 0 amide bonds.